The number of esters is 1. The lowest BCUT2D eigenvalue weighted by atomic mass is 9.98. The molecule has 0 saturated carbocycles. The predicted molar refractivity (Wildman–Crippen MR) is 91.8 cm³/mol. The molecule has 0 aromatic heterocycles. The van der Waals surface area contributed by atoms with Crippen molar-refractivity contribution in [3.8, 4) is 0 Å². The number of hydrogen-bond acceptors (Lipinski definition) is 4. The number of hydrogen-bond donors (Lipinski definition) is 1. The SMILES string of the molecule is CC(C)(C)OC(=O)CCC1CCCCN1C(=O)NC1CCOCC1. The van der Waals surface area contributed by atoms with E-state index in [1.165, 1.54) is 0 Å². The van der Waals surface area contributed by atoms with Crippen molar-refractivity contribution in [2.45, 2.75) is 83.4 Å². The molecule has 0 aromatic carbocycles. The van der Waals surface area contributed by atoms with Crippen LogP contribution in [0.3, 0.4) is 0 Å². The van der Waals surface area contributed by atoms with Crippen molar-refractivity contribution in [3.05, 3.63) is 0 Å². The summed E-state index contributed by atoms with van der Waals surface area (Å²) in [5.74, 6) is -0.183. The first-order valence-corrected chi connectivity index (χ1v) is 9.22. The summed E-state index contributed by atoms with van der Waals surface area (Å²) in [7, 11) is 0. The molecule has 2 rings (SSSR count). The Labute approximate surface area is 145 Å². The molecule has 6 nitrogen and oxygen atoms in total. The quantitative estimate of drug-likeness (QED) is 0.799. The fraction of sp³-hybridized carbons (Fsp3) is 0.889. The molecule has 6 heteroatoms. The number of rotatable bonds is 4. The van der Waals surface area contributed by atoms with E-state index >= 15 is 0 Å². The molecular formula is C18H32N2O4. The van der Waals surface area contributed by atoms with Gasteiger partial charge in [0.2, 0.25) is 0 Å². The zero-order chi connectivity index (χ0) is 17.6. The van der Waals surface area contributed by atoms with Crippen LogP contribution < -0.4 is 5.32 Å². The van der Waals surface area contributed by atoms with Gasteiger partial charge >= 0.3 is 12.0 Å². The van der Waals surface area contributed by atoms with Crippen LogP contribution in [-0.4, -0.2) is 54.3 Å². The smallest absolute Gasteiger partial charge is 0.317 e. The van der Waals surface area contributed by atoms with Gasteiger partial charge in [-0.3, -0.25) is 4.79 Å². The van der Waals surface area contributed by atoms with Gasteiger partial charge in [-0.05, 0) is 59.3 Å². The molecule has 2 aliphatic heterocycles. The van der Waals surface area contributed by atoms with E-state index in [9.17, 15) is 9.59 Å². The topological polar surface area (TPSA) is 67.9 Å². The second-order valence-electron chi connectivity index (χ2n) is 7.80. The van der Waals surface area contributed by atoms with Gasteiger partial charge in [0.05, 0.1) is 0 Å². The minimum atomic E-state index is -0.455. The maximum atomic E-state index is 12.6. The number of ether oxygens (including phenoxy) is 2. The van der Waals surface area contributed by atoms with Crippen molar-refractivity contribution in [3.63, 3.8) is 0 Å². The van der Waals surface area contributed by atoms with Crippen molar-refractivity contribution in [2.24, 2.45) is 0 Å². The van der Waals surface area contributed by atoms with E-state index in [2.05, 4.69) is 5.32 Å². The highest BCUT2D eigenvalue weighted by atomic mass is 16.6. The summed E-state index contributed by atoms with van der Waals surface area (Å²) in [4.78, 5) is 26.5. The molecule has 138 valence electrons. The van der Waals surface area contributed by atoms with Crippen LogP contribution in [0.1, 0.15) is 65.7 Å². The van der Waals surface area contributed by atoms with E-state index in [1.807, 2.05) is 25.7 Å². The maximum absolute atomic E-state index is 12.6. The molecule has 0 radical (unpaired) electrons. The van der Waals surface area contributed by atoms with Gasteiger partial charge in [-0.25, -0.2) is 4.79 Å². The van der Waals surface area contributed by atoms with Crippen LogP contribution in [0, 0.1) is 0 Å². The highest BCUT2D eigenvalue weighted by Crippen LogP contribution is 2.22. The first kappa shape index (κ1) is 19.0. The largest absolute Gasteiger partial charge is 0.460 e. The third-order valence-electron chi connectivity index (χ3n) is 4.54. The molecule has 0 spiro atoms. The minimum absolute atomic E-state index is 0.00999. The molecule has 0 bridgehead atoms. The van der Waals surface area contributed by atoms with Crippen LogP contribution in [0.2, 0.25) is 0 Å². The molecule has 24 heavy (non-hydrogen) atoms. The Morgan fingerprint density at radius 2 is 1.88 bits per heavy atom. The van der Waals surface area contributed by atoms with Crippen molar-refractivity contribution in [1.82, 2.24) is 10.2 Å². The Morgan fingerprint density at radius 1 is 1.17 bits per heavy atom. The molecule has 2 heterocycles. The summed E-state index contributed by atoms with van der Waals surface area (Å²) >= 11 is 0. The van der Waals surface area contributed by atoms with Gasteiger partial charge in [-0.1, -0.05) is 0 Å². The molecule has 2 fully saturated rings. The predicted octanol–water partition coefficient (Wildman–Crippen LogP) is 2.85. The molecule has 1 atom stereocenters. The fourth-order valence-electron chi connectivity index (χ4n) is 3.34. The van der Waals surface area contributed by atoms with Gasteiger partial charge in [0.15, 0.2) is 0 Å². The van der Waals surface area contributed by atoms with Crippen molar-refractivity contribution in [1.29, 1.82) is 0 Å². The first-order valence-electron chi connectivity index (χ1n) is 9.22. The number of carbonyl (C=O) groups is 2. The maximum Gasteiger partial charge on any atom is 0.317 e. The Balaban J connectivity index is 1.82. The van der Waals surface area contributed by atoms with Crippen LogP contribution in [-0.2, 0) is 14.3 Å². The molecule has 2 saturated heterocycles. The third kappa shape index (κ3) is 6.30. The van der Waals surface area contributed by atoms with Gasteiger partial charge in [-0.2, -0.15) is 0 Å². The molecular weight excluding hydrogens is 308 g/mol. The molecule has 1 N–H and O–H groups in total. The highest BCUT2D eigenvalue weighted by molar-refractivity contribution is 5.75. The lowest BCUT2D eigenvalue weighted by Gasteiger charge is -2.37. The molecule has 2 amide bonds. The van der Waals surface area contributed by atoms with E-state index < -0.39 is 5.60 Å². The van der Waals surface area contributed by atoms with E-state index in [0.29, 0.717) is 26.1 Å². The Kier molecular flexibility index (Phi) is 6.90. The fourth-order valence-corrected chi connectivity index (χ4v) is 3.34. The number of piperidine rings is 1. The normalized spacial score (nSPS) is 23.0. The van der Waals surface area contributed by atoms with Gasteiger partial charge < -0.3 is 19.7 Å². The zero-order valence-electron chi connectivity index (χ0n) is 15.3. The summed E-state index contributed by atoms with van der Waals surface area (Å²) < 4.78 is 10.7. The summed E-state index contributed by atoms with van der Waals surface area (Å²) in [6.07, 6.45) is 5.90. The second kappa shape index (κ2) is 8.70. The van der Waals surface area contributed by atoms with E-state index in [0.717, 1.165) is 38.6 Å². The molecule has 0 aromatic rings. The average Bonchev–Trinajstić information content (AvgIpc) is 2.52. The summed E-state index contributed by atoms with van der Waals surface area (Å²) in [6.45, 7) is 7.82. The lowest BCUT2D eigenvalue weighted by molar-refractivity contribution is -0.155. The van der Waals surface area contributed by atoms with Crippen LogP contribution >= 0.6 is 0 Å². The highest BCUT2D eigenvalue weighted by Gasteiger charge is 2.29. The van der Waals surface area contributed by atoms with Crippen LogP contribution in [0.4, 0.5) is 4.79 Å². The lowest BCUT2D eigenvalue weighted by Crippen LogP contribution is -2.52. The zero-order valence-corrected chi connectivity index (χ0v) is 15.3. The molecule has 1 unspecified atom stereocenters. The summed E-state index contributed by atoms with van der Waals surface area (Å²) in [6, 6.07) is 0.349. The monoisotopic (exact) mass is 340 g/mol. The third-order valence-corrected chi connectivity index (χ3v) is 4.54. The van der Waals surface area contributed by atoms with Crippen molar-refractivity contribution >= 4 is 12.0 Å². The van der Waals surface area contributed by atoms with Crippen LogP contribution in [0.5, 0.6) is 0 Å². The number of carbonyl (C=O) groups excluding carboxylic acids is 2. The standard InChI is InChI=1S/C18H32N2O4/c1-18(2,3)24-16(21)8-7-15-6-4-5-11-20(15)17(22)19-14-9-12-23-13-10-14/h14-15H,4-13H2,1-3H3,(H,19,22). The van der Waals surface area contributed by atoms with Crippen molar-refractivity contribution in [2.75, 3.05) is 19.8 Å². The Hall–Kier alpha value is -1.30. The van der Waals surface area contributed by atoms with Gasteiger partial charge in [0, 0.05) is 38.3 Å². The van der Waals surface area contributed by atoms with Crippen LogP contribution in [0.15, 0.2) is 0 Å². The second-order valence-corrected chi connectivity index (χ2v) is 7.80. The van der Waals surface area contributed by atoms with Gasteiger partial charge in [0.1, 0.15) is 5.60 Å². The van der Waals surface area contributed by atoms with Gasteiger partial charge in [0.25, 0.3) is 0 Å². The Bertz CT molecular complexity index is 427. The average molecular weight is 340 g/mol. The van der Waals surface area contributed by atoms with E-state index in [4.69, 9.17) is 9.47 Å². The van der Waals surface area contributed by atoms with Crippen LogP contribution in [0.25, 0.3) is 0 Å². The molecule has 2 aliphatic rings. The first-order chi connectivity index (χ1) is 11.3. The van der Waals surface area contributed by atoms with E-state index in [1.54, 1.807) is 0 Å². The van der Waals surface area contributed by atoms with Crippen molar-refractivity contribution < 1.29 is 19.1 Å². The number of nitrogens with zero attached hydrogens (tertiary/aromatic N) is 1. The van der Waals surface area contributed by atoms with Gasteiger partial charge in [-0.15, -0.1) is 0 Å². The molecule has 0 aliphatic carbocycles. The summed E-state index contributed by atoms with van der Waals surface area (Å²) in [5.41, 5.74) is -0.455. The number of nitrogens with one attached hydrogen (secondary N) is 1. The number of amides is 2. The number of likely N-dealkylation sites (tertiary alicyclic amines) is 1. The number of urea groups is 1. The Morgan fingerprint density at radius 3 is 2.54 bits per heavy atom. The minimum Gasteiger partial charge on any atom is -0.460 e. The van der Waals surface area contributed by atoms with E-state index in [-0.39, 0.29) is 24.1 Å². The summed E-state index contributed by atoms with van der Waals surface area (Å²) in [5, 5.41) is 3.14.